The van der Waals surface area contributed by atoms with Gasteiger partial charge in [0.25, 0.3) is 5.56 Å². The lowest BCUT2D eigenvalue weighted by atomic mass is 10.2. The molecule has 0 bridgehead atoms. The predicted molar refractivity (Wildman–Crippen MR) is 114 cm³/mol. The first kappa shape index (κ1) is 21.3. The number of unbranched alkanes of at least 4 members (excludes halogenated alkanes) is 1. The van der Waals surface area contributed by atoms with Crippen LogP contribution in [0, 0.1) is 6.92 Å². The van der Waals surface area contributed by atoms with E-state index < -0.39 is 0 Å². The molecule has 1 aromatic heterocycles. The zero-order chi connectivity index (χ0) is 20.4. The Hall–Kier alpha value is -2.96. The van der Waals surface area contributed by atoms with Gasteiger partial charge in [-0.1, -0.05) is 6.07 Å². The van der Waals surface area contributed by atoms with Gasteiger partial charge < -0.3 is 24.7 Å². The number of nitrogens with one attached hydrogen (secondary N) is 2. The van der Waals surface area contributed by atoms with Gasteiger partial charge in [-0.05, 0) is 44.9 Å². The van der Waals surface area contributed by atoms with E-state index in [2.05, 4.69) is 15.6 Å². The highest BCUT2D eigenvalue weighted by molar-refractivity contribution is 5.93. The Kier molecular flexibility index (Phi) is 8.39. The number of guanidine groups is 1. The van der Waals surface area contributed by atoms with Gasteiger partial charge in [0.2, 0.25) is 0 Å². The standard InChI is InChI=1S/C21H30N4O3/c1-5-28-19-15-17(11-12-18(19)27-4)24-21(22-3)23-13-6-7-14-25-16(2)9-8-10-20(25)26/h8-12,15H,5-7,13-14H2,1-4H3,(H2,22,23,24). The van der Waals surface area contributed by atoms with Crippen LogP contribution in [0.4, 0.5) is 5.69 Å². The van der Waals surface area contributed by atoms with Crippen LogP contribution in [0.5, 0.6) is 11.5 Å². The summed E-state index contributed by atoms with van der Waals surface area (Å²) in [6.45, 7) is 5.93. The highest BCUT2D eigenvalue weighted by atomic mass is 16.5. The van der Waals surface area contributed by atoms with Gasteiger partial charge >= 0.3 is 0 Å². The van der Waals surface area contributed by atoms with Crippen LogP contribution in [0.2, 0.25) is 0 Å². The summed E-state index contributed by atoms with van der Waals surface area (Å²) in [6.07, 6.45) is 1.83. The number of aromatic nitrogens is 1. The number of nitrogens with zero attached hydrogens (tertiary/aromatic N) is 2. The molecule has 0 atom stereocenters. The monoisotopic (exact) mass is 386 g/mol. The number of ether oxygens (including phenoxy) is 2. The maximum atomic E-state index is 11.9. The van der Waals surface area contributed by atoms with Crippen LogP contribution >= 0.6 is 0 Å². The van der Waals surface area contributed by atoms with Gasteiger partial charge in [0, 0.05) is 43.7 Å². The van der Waals surface area contributed by atoms with Crippen molar-refractivity contribution < 1.29 is 9.47 Å². The van der Waals surface area contributed by atoms with E-state index in [1.807, 2.05) is 38.1 Å². The molecule has 28 heavy (non-hydrogen) atoms. The lowest BCUT2D eigenvalue weighted by Gasteiger charge is -2.15. The van der Waals surface area contributed by atoms with Crippen molar-refractivity contribution in [3.63, 3.8) is 0 Å². The van der Waals surface area contributed by atoms with Crippen LogP contribution in [0.15, 0.2) is 46.2 Å². The SMILES string of the molecule is CCOc1cc(NC(=NC)NCCCCn2c(C)cccc2=O)ccc1OC. The zero-order valence-electron chi connectivity index (χ0n) is 17.1. The molecule has 2 aromatic rings. The van der Waals surface area contributed by atoms with Crippen LogP contribution in [-0.4, -0.2) is 37.8 Å². The summed E-state index contributed by atoms with van der Waals surface area (Å²) in [5.41, 5.74) is 1.90. The average molecular weight is 386 g/mol. The van der Waals surface area contributed by atoms with E-state index in [-0.39, 0.29) is 5.56 Å². The topological polar surface area (TPSA) is 76.9 Å². The highest BCUT2D eigenvalue weighted by Crippen LogP contribution is 2.30. The van der Waals surface area contributed by atoms with E-state index in [0.29, 0.717) is 24.1 Å². The van der Waals surface area contributed by atoms with Crippen molar-refractivity contribution in [1.29, 1.82) is 0 Å². The molecule has 0 fully saturated rings. The predicted octanol–water partition coefficient (Wildman–Crippen LogP) is 3.03. The van der Waals surface area contributed by atoms with E-state index in [9.17, 15) is 4.79 Å². The van der Waals surface area contributed by atoms with Gasteiger partial charge in [-0.15, -0.1) is 0 Å². The van der Waals surface area contributed by atoms with Crippen LogP contribution < -0.4 is 25.7 Å². The Morgan fingerprint density at radius 1 is 1.18 bits per heavy atom. The molecule has 152 valence electrons. The van der Waals surface area contributed by atoms with E-state index >= 15 is 0 Å². The van der Waals surface area contributed by atoms with Gasteiger partial charge in [-0.2, -0.15) is 0 Å². The average Bonchev–Trinajstić information content (AvgIpc) is 2.69. The lowest BCUT2D eigenvalue weighted by Crippen LogP contribution is -2.31. The molecule has 7 nitrogen and oxygen atoms in total. The van der Waals surface area contributed by atoms with E-state index in [4.69, 9.17) is 9.47 Å². The van der Waals surface area contributed by atoms with Crippen molar-refractivity contribution in [2.45, 2.75) is 33.2 Å². The second-order valence-corrected chi connectivity index (χ2v) is 6.29. The number of methoxy groups -OCH3 is 1. The third-order valence-corrected chi connectivity index (χ3v) is 4.32. The molecule has 2 rings (SSSR count). The van der Waals surface area contributed by atoms with E-state index in [0.717, 1.165) is 37.3 Å². The largest absolute Gasteiger partial charge is 0.493 e. The maximum Gasteiger partial charge on any atom is 0.250 e. The maximum absolute atomic E-state index is 11.9. The van der Waals surface area contributed by atoms with Crippen molar-refractivity contribution in [2.75, 3.05) is 32.6 Å². The lowest BCUT2D eigenvalue weighted by molar-refractivity contribution is 0.311. The molecule has 1 heterocycles. The molecular weight excluding hydrogens is 356 g/mol. The summed E-state index contributed by atoms with van der Waals surface area (Å²) in [4.78, 5) is 16.1. The Labute approximate surface area is 166 Å². The minimum atomic E-state index is 0.0510. The van der Waals surface area contributed by atoms with Crippen LogP contribution in [0.25, 0.3) is 0 Å². The summed E-state index contributed by atoms with van der Waals surface area (Å²) < 4.78 is 12.7. The van der Waals surface area contributed by atoms with E-state index in [1.54, 1.807) is 30.9 Å². The van der Waals surface area contributed by atoms with Gasteiger partial charge in [0.15, 0.2) is 17.5 Å². The molecule has 7 heteroatoms. The van der Waals surface area contributed by atoms with E-state index in [1.165, 1.54) is 0 Å². The first-order chi connectivity index (χ1) is 13.6. The van der Waals surface area contributed by atoms with Crippen LogP contribution in [-0.2, 0) is 6.54 Å². The van der Waals surface area contributed by atoms with Crippen molar-refractivity contribution in [3.05, 3.63) is 52.4 Å². The number of rotatable bonds is 9. The first-order valence-corrected chi connectivity index (χ1v) is 9.54. The Balaban J connectivity index is 1.83. The fraction of sp³-hybridized carbons (Fsp3) is 0.429. The Bertz CT molecular complexity index is 846. The zero-order valence-corrected chi connectivity index (χ0v) is 17.1. The molecule has 0 aliphatic heterocycles. The number of hydrogen-bond acceptors (Lipinski definition) is 4. The molecule has 0 saturated carbocycles. The molecule has 0 aliphatic rings. The number of aryl methyl sites for hydroxylation is 1. The van der Waals surface area contributed by atoms with Crippen molar-refractivity contribution in [1.82, 2.24) is 9.88 Å². The molecule has 1 aromatic carbocycles. The van der Waals surface area contributed by atoms with Gasteiger partial charge in [-0.25, -0.2) is 0 Å². The molecule has 0 amide bonds. The van der Waals surface area contributed by atoms with Gasteiger partial charge in [-0.3, -0.25) is 9.79 Å². The molecule has 0 saturated heterocycles. The molecule has 0 unspecified atom stereocenters. The Morgan fingerprint density at radius 3 is 2.68 bits per heavy atom. The molecule has 0 spiro atoms. The molecule has 0 radical (unpaired) electrons. The fourth-order valence-electron chi connectivity index (χ4n) is 2.85. The molecule has 0 aliphatic carbocycles. The summed E-state index contributed by atoms with van der Waals surface area (Å²) in [5, 5.41) is 6.55. The minimum absolute atomic E-state index is 0.0510. The smallest absolute Gasteiger partial charge is 0.250 e. The summed E-state index contributed by atoms with van der Waals surface area (Å²) in [5.74, 6) is 2.07. The molecule has 2 N–H and O–H groups in total. The Morgan fingerprint density at radius 2 is 2.00 bits per heavy atom. The quantitative estimate of drug-likeness (QED) is 0.394. The normalized spacial score (nSPS) is 11.2. The van der Waals surface area contributed by atoms with Crippen LogP contribution in [0.1, 0.15) is 25.5 Å². The fourth-order valence-corrected chi connectivity index (χ4v) is 2.85. The molecular formula is C21H30N4O3. The highest BCUT2D eigenvalue weighted by Gasteiger charge is 2.07. The summed E-state index contributed by atoms with van der Waals surface area (Å²) in [6, 6.07) is 11.0. The number of anilines is 1. The third kappa shape index (κ3) is 6.04. The summed E-state index contributed by atoms with van der Waals surface area (Å²) >= 11 is 0. The second kappa shape index (κ2) is 11.0. The van der Waals surface area contributed by atoms with Crippen molar-refractivity contribution in [3.8, 4) is 11.5 Å². The van der Waals surface area contributed by atoms with Crippen molar-refractivity contribution in [2.24, 2.45) is 4.99 Å². The summed E-state index contributed by atoms with van der Waals surface area (Å²) in [7, 11) is 3.35. The van der Waals surface area contributed by atoms with Crippen molar-refractivity contribution >= 4 is 11.6 Å². The van der Waals surface area contributed by atoms with Crippen LogP contribution in [0.3, 0.4) is 0 Å². The second-order valence-electron chi connectivity index (χ2n) is 6.29. The number of benzene rings is 1. The number of pyridine rings is 1. The first-order valence-electron chi connectivity index (χ1n) is 9.54. The number of hydrogen-bond donors (Lipinski definition) is 2. The van der Waals surface area contributed by atoms with Gasteiger partial charge in [0.1, 0.15) is 0 Å². The third-order valence-electron chi connectivity index (χ3n) is 4.32. The number of aliphatic imine (C=N–C) groups is 1. The van der Waals surface area contributed by atoms with Gasteiger partial charge in [0.05, 0.1) is 13.7 Å². The minimum Gasteiger partial charge on any atom is -0.493 e.